The molecule has 0 aromatic carbocycles. The van der Waals surface area contributed by atoms with E-state index in [1.807, 2.05) is 11.8 Å². The summed E-state index contributed by atoms with van der Waals surface area (Å²) < 4.78 is 0. The summed E-state index contributed by atoms with van der Waals surface area (Å²) >= 11 is 0. The van der Waals surface area contributed by atoms with Gasteiger partial charge in [-0.3, -0.25) is 14.5 Å². The van der Waals surface area contributed by atoms with E-state index in [9.17, 15) is 9.59 Å². The van der Waals surface area contributed by atoms with Gasteiger partial charge in [-0.2, -0.15) is 0 Å². The molecule has 2 aliphatic rings. The van der Waals surface area contributed by atoms with Crippen molar-refractivity contribution in [3.05, 3.63) is 0 Å². The van der Waals surface area contributed by atoms with Gasteiger partial charge >= 0.3 is 0 Å². The number of rotatable bonds is 9. The molecule has 2 aliphatic heterocycles. The van der Waals surface area contributed by atoms with Gasteiger partial charge in [0.2, 0.25) is 11.8 Å². The first-order valence-electron chi connectivity index (χ1n) is 11.1. The summed E-state index contributed by atoms with van der Waals surface area (Å²) in [6, 6.07) is 0.504. The Morgan fingerprint density at radius 1 is 1.04 bits per heavy atom. The lowest BCUT2D eigenvalue weighted by molar-refractivity contribution is -0.132. The lowest BCUT2D eigenvalue weighted by atomic mass is 9.95. The van der Waals surface area contributed by atoms with Gasteiger partial charge in [0.25, 0.3) is 0 Å². The second-order valence-corrected chi connectivity index (χ2v) is 8.68. The highest BCUT2D eigenvalue weighted by Crippen LogP contribution is 2.19. The summed E-state index contributed by atoms with van der Waals surface area (Å²) in [5.74, 6) is 1.13. The van der Waals surface area contributed by atoms with Crippen molar-refractivity contribution in [1.29, 1.82) is 0 Å². The van der Waals surface area contributed by atoms with Crippen LogP contribution in [0.4, 0.5) is 0 Å². The molecule has 2 heterocycles. The first kappa shape index (κ1) is 23.1. The molecular formula is C21H41N5O2. The number of hydrogen-bond donors (Lipinski definition) is 1. The number of likely N-dealkylation sites (tertiary alicyclic amines) is 1. The third-order valence-electron chi connectivity index (χ3n) is 6.29. The molecule has 2 fully saturated rings. The molecule has 0 spiro atoms. The highest BCUT2D eigenvalue weighted by molar-refractivity contribution is 5.78. The van der Waals surface area contributed by atoms with Gasteiger partial charge in [-0.05, 0) is 39.7 Å². The van der Waals surface area contributed by atoms with Crippen molar-refractivity contribution in [2.75, 3.05) is 72.5 Å². The van der Waals surface area contributed by atoms with Crippen LogP contribution in [-0.2, 0) is 9.59 Å². The van der Waals surface area contributed by atoms with Gasteiger partial charge in [-0.15, -0.1) is 0 Å². The zero-order chi connectivity index (χ0) is 20.5. The first-order valence-corrected chi connectivity index (χ1v) is 11.1. The van der Waals surface area contributed by atoms with Crippen molar-refractivity contribution in [2.24, 2.45) is 5.92 Å². The van der Waals surface area contributed by atoms with Crippen molar-refractivity contribution in [3.63, 3.8) is 0 Å². The van der Waals surface area contributed by atoms with Crippen molar-refractivity contribution >= 4 is 11.8 Å². The minimum absolute atomic E-state index is 0.138. The minimum Gasteiger partial charge on any atom is -0.354 e. The molecule has 162 valence electrons. The summed E-state index contributed by atoms with van der Waals surface area (Å²) in [7, 11) is 2.08. The smallest absolute Gasteiger partial charge is 0.234 e. The fourth-order valence-corrected chi connectivity index (χ4v) is 3.97. The molecule has 2 rings (SSSR count). The predicted octanol–water partition coefficient (Wildman–Crippen LogP) is 0.709. The van der Waals surface area contributed by atoms with Gasteiger partial charge in [0.1, 0.15) is 0 Å². The van der Waals surface area contributed by atoms with Crippen LogP contribution in [0.15, 0.2) is 0 Å². The van der Waals surface area contributed by atoms with E-state index in [4.69, 9.17) is 0 Å². The fraction of sp³-hybridized carbons (Fsp3) is 0.905. The standard InChI is InChI=1S/C21H41N5O2/c1-5-21(28)26-9-6-19(7-10-26)16-24-12-14-25(15-13-24)17-20(27)22-8-11-23(4)18(2)3/h18-19H,5-17H2,1-4H3,(H,22,27). The molecule has 0 unspecified atom stereocenters. The number of carbonyl (C=O) groups is 2. The molecule has 28 heavy (non-hydrogen) atoms. The van der Waals surface area contributed by atoms with Gasteiger partial charge in [-0.1, -0.05) is 6.92 Å². The van der Waals surface area contributed by atoms with Crippen LogP contribution >= 0.6 is 0 Å². The van der Waals surface area contributed by atoms with Crippen LogP contribution in [-0.4, -0.2) is 110 Å². The summed E-state index contributed by atoms with van der Waals surface area (Å²) in [6.07, 6.45) is 2.87. The Kier molecular flexibility index (Phi) is 9.68. The molecule has 7 heteroatoms. The quantitative estimate of drug-likeness (QED) is 0.623. The minimum atomic E-state index is 0.138. The van der Waals surface area contributed by atoms with Crippen molar-refractivity contribution in [1.82, 2.24) is 24.9 Å². The number of carbonyl (C=O) groups excluding carboxylic acids is 2. The number of piperidine rings is 1. The summed E-state index contributed by atoms with van der Waals surface area (Å²) in [4.78, 5) is 33.0. The van der Waals surface area contributed by atoms with E-state index in [2.05, 4.69) is 40.9 Å². The Morgan fingerprint density at radius 2 is 1.64 bits per heavy atom. The first-order chi connectivity index (χ1) is 13.4. The Bertz CT molecular complexity index is 483. The molecule has 2 saturated heterocycles. The molecule has 0 aromatic heterocycles. The summed E-state index contributed by atoms with van der Waals surface area (Å²) in [6.45, 7) is 15.4. The lowest BCUT2D eigenvalue weighted by Crippen LogP contribution is -2.51. The highest BCUT2D eigenvalue weighted by Gasteiger charge is 2.25. The number of nitrogens with zero attached hydrogens (tertiary/aromatic N) is 4. The number of nitrogens with one attached hydrogen (secondary N) is 1. The second-order valence-electron chi connectivity index (χ2n) is 8.68. The van der Waals surface area contributed by atoms with Crippen molar-refractivity contribution in [3.8, 4) is 0 Å². The molecule has 1 N–H and O–H groups in total. The van der Waals surface area contributed by atoms with Crippen LogP contribution in [0.2, 0.25) is 0 Å². The lowest BCUT2D eigenvalue weighted by Gasteiger charge is -2.38. The predicted molar refractivity (Wildman–Crippen MR) is 113 cm³/mol. The van der Waals surface area contributed by atoms with Crippen molar-refractivity contribution in [2.45, 2.75) is 46.1 Å². The zero-order valence-corrected chi connectivity index (χ0v) is 18.5. The number of likely N-dealkylation sites (N-methyl/N-ethyl adjacent to an activating group) is 1. The third kappa shape index (κ3) is 7.68. The monoisotopic (exact) mass is 395 g/mol. The molecule has 0 radical (unpaired) electrons. The van der Waals surface area contributed by atoms with Crippen LogP contribution < -0.4 is 5.32 Å². The summed E-state index contributed by atoms with van der Waals surface area (Å²) in [5.41, 5.74) is 0. The maximum absolute atomic E-state index is 12.2. The Hall–Kier alpha value is -1.18. The summed E-state index contributed by atoms with van der Waals surface area (Å²) in [5, 5.41) is 3.04. The molecule has 0 aromatic rings. The largest absolute Gasteiger partial charge is 0.354 e. The molecule has 0 atom stereocenters. The Balaban J connectivity index is 1.57. The Morgan fingerprint density at radius 3 is 2.21 bits per heavy atom. The fourth-order valence-electron chi connectivity index (χ4n) is 3.97. The Labute approximate surface area is 171 Å². The second kappa shape index (κ2) is 11.7. The van der Waals surface area contributed by atoms with Crippen LogP contribution in [0.1, 0.15) is 40.0 Å². The van der Waals surface area contributed by atoms with Gasteiger partial charge in [0.15, 0.2) is 0 Å². The SMILES string of the molecule is CCC(=O)N1CCC(CN2CCN(CC(=O)NCCN(C)C(C)C)CC2)CC1. The van der Waals surface area contributed by atoms with Gasteiger partial charge in [0, 0.05) is 71.4 Å². The van der Waals surface area contributed by atoms with E-state index < -0.39 is 0 Å². The van der Waals surface area contributed by atoms with E-state index in [1.165, 1.54) is 0 Å². The van der Waals surface area contributed by atoms with E-state index >= 15 is 0 Å². The van der Waals surface area contributed by atoms with Gasteiger partial charge < -0.3 is 20.0 Å². The van der Waals surface area contributed by atoms with Crippen LogP contribution in [0.5, 0.6) is 0 Å². The number of hydrogen-bond acceptors (Lipinski definition) is 5. The topological polar surface area (TPSA) is 59.1 Å². The molecule has 7 nitrogen and oxygen atoms in total. The zero-order valence-electron chi connectivity index (χ0n) is 18.5. The molecule has 0 aliphatic carbocycles. The van der Waals surface area contributed by atoms with E-state index in [-0.39, 0.29) is 5.91 Å². The van der Waals surface area contributed by atoms with Crippen LogP contribution in [0, 0.1) is 5.92 Å². The van der Waals surface area contributed by atoms with Gasteiger partial charge in [-0.25, -0.2) is 0 Å². The van der Waals surface area contributed by atoms with E-state index in [1.54, 1.807) is 0 Å². The average molecular weight is 396 g/mol. The number of amides is 2. The molecule has 0 bridgehead atoms. The number of piperazine rings is 1. The van der Waals surface area contributed by atoms with Crippen molar-refractivity contribution < 1.29 is 9.59 Å². The van der Waals surface area contributed by atoms with Crippen LogP contribution in [0.3, 0.4) is 0 Å². The third-order valence-corrected chi connectivity index (χ3v) is 6.29. The van der Waals surface area contributed by atoms with Gasteiger partial charge in [0.05, 0.1) is 6.54 Å². The maximum Gasteiger partial charge on any atom is 0.234 e. The van der Waals surface area contributed by atoms with E-state index in [0.717, 1.165) is 65.2 Å². The van der Waals surface area contributed by atoms with E-state index in [0.29, 0.717) is 37.4 Å². The normalized spacial score (nSPS) is 20.1. The molecule has 2 amide bonds. The highest BCUT2D eigenvalue weighted by atomic mass is 16.2. The van der Waals surface area contributed by atoms with Crippen LogP contribution in [0.25, 0.3) is 0 Å². The maximum atomic E-state index is 12.2. The molecular weight excluding hydrogens is 354 g/mol. The molecule has 0 saturated carbocycles. The average Bonchev–Trinajstić information content (AvgIpc) is 2.69.